The molecule has 0 saturated carbocycles. The second-order valence-corrected chi connectivity index (χ2v) is 5.73. The molecule has 0 aliphatic carbocycles. The summed E-state index contributed by atoms with van der Waals surface area (Å²) in [6.45, 7) is 6.42. The molecule has 1 fully saturated rings. The summed E-state index contributed by atoms with van der Waals surface area (Å²) in [6, 6.07) is 6.18. The van der Waals surface area contributed by atoms with Crippen LogP contribution in [0.4, 0.5) is 4.39 Å². The maximum Gasteiger partial charge on any atom is 0.263 e. The van der Waals surface area contributed by atoms with E-state index in [4.69, 9.17) is 4.74 Å². The lowest BCUT2D eigenvalue weighted by Gasteiger charge is -2.36. The van der Waals surface area contributed by atoms with Crippen LogP contribution in [0.2, 0.25) is 0 Å². The maximum atomic E-state index is 13.2. The molecular weight excluding hydrogens is 319 g/mol. The molecule has 4 nitrogen and oxygen atoms in total. The average Bonchev–Trinajstić information content (AvgIpc) is 2.53. The third-order valence-electron chi connectivity index (χ3n) is 3.95. The predicted octanol–water partition coefficient (Wildman–Crippen LogP) is 3.01. The van der Waals surface area contributed by atoms with Crippen LogP contribution in [0.3, 0.4) is 0 Å². The summed E-state index contributed by atoms with van der Waals surface area (Å²) >= 11 is 0. The molecule has 6 heteroatoms. The number of benzene rings is 1. The summed E-state index contributed by atoms with van der Waals surface area (Å²) in [4.78, 5) is 14.6. The van der Waals surface area contributed by atoms with E-state index in [0.29, 0.717) is 5.75 Å². The second kappa shape index (κ2) is 9.73. The first kappa shape index (κ1) is 19.7. The molecule has 1 heterocycles. The Kier molecular flexibility index (Phi) is 8.34. The maximum absolute atomic E-state index is 13.2. The summed E-state index contributed by atoms with van der Waals surface area (Å²) in [5.74, 6) is 0.0153. The monoisotopic (exact) mass is 344 g/mol. The molecule has 1 aliphatic heterocycles. The number of ether oxygens (including phenoxy) is 1. The zero-order chi connectivity index (χ0) is 15.9. The van der Waals surface area contributed by atoms with Gasteiger partial charge in [0.2, 0.25) is 0 Å². The van der Waals surface area contributed by atoms with E-state index in [1.54, 1.807) is 19.1 Å². The Morgan fingerprint density at radius 2 is 2.13 bits per heavy atom. The summed E-state index contributed by atoms with van der Waals surface area (Å²) < 4.78 is 18.8. The van der Waals surface area contributed by atoms with E-state index in [1.807, 2.05) is 4.90 Å². The Labute approximate surface area is 143 Å². The van der Waals surface area contributed by atoms with Crippen molar-refractivity contribution in [3.63, 3.8) is 0 Å². The number of nitrogens with zero attached hydrogens (tertiary/aromatic N) is 1. The van der Waals surface area contributed by atoms with Crippen molar-refractivity contribution in [3.05, 3.63) is 30.1 Å². The molecule has 1 atom stereocenters. The lowest BCUT2D eigenvalue weighted by Crippen LogP contribution is -2.50. The van der Waals surface area contributed by atoms with E-state index in [0.717, 1.165) is 38.9 Å². The number of piperidine rings is 1. The lowest BCUT2D eigenvalue weighted by atomic mass is 10.0. The SMILES string of the molecule is CCCN(C(=O)C(C)Oc1cccc(F)c1)C1CCNCC1.Cl. The first-order valence-electron chi connectivity index (χ1n) is 8.05. The zero-order valence-corrected chi connectivity index (χ0v) is 14.6. The fourth-order valence-corrected chi connectivity index (χ4v) is 2.86. The van der Waals surface area contributed by atoms with E-state index in [-0.39, 0.29) is 30.2 Å². The number of carbonyl (C=O) groups is 1. The normalized spacial score (nSPS) is 16.3. The highest BCUT2D eigenvalue weighted by atomic mass is 35.5. The molecular formula is C17H26ClFN2O2. The number of carbonyl (C=O) groups excluding carboxylic acids is 1. The van der Waals surface area contributed by atoms with E-state index < -0.39 is 6.10 Å². The van der Waals surface area contributed by atoms with Gasteiger partial charge in [0.05, 0.1) is 0 Å². The van der Waals surface area contributed by atoms with Crippen LogP contribution in [-0.2, 0) is 4.79 Å². The third-order valence-corrected chi connectivity index (χ3v) is 3.95. The highest BCUT2D eigenvalue weighted by molar-refractivity contribution is 5.85. The molecule has 0 bridgehead atoms. The average molecular weight is 345 g/mol. The van der Waals surface area contributed by atoms with Crippen molar-refractivity contribution < 1.29 is 13.9 Å². The van der Waals surface area contributed by atoms with Crippen molar-refractivity contribution in [2.24, 2.45) is 0 Å². The summed E-state index contributed by atoms with van der Waals surface area (Å²) in [5.41, 5.74) is 0. The number of hydrogen-bond acceptors (Lipinski definition) is 3. The van der Waals surface area contributed by atoms with Crippen LogP contribution in [0.1, 0.15) is 33.1 Å². The Morgan fingerprint density at radius 1 is 1.43 bits per heavy atom. The van der Waals surface area contributed by atoms with Gasteiger partial charge in [0.15, 0.2) is 6.10 Å². The lowest BCUT2D eigenvalue weighted by molar-refractivity contribution is -0.141. The van der Waals surface area contributed by atoms with Gasteiger partial charge in [-0.25, -0.2) is 4.39 Å². The fourth-order valence-electron chi connectivity index (χ4n) is 2.86. The fraction of sp³-hybridized carbons (Fsp3) is 0.588. The molecule has 2 rings (SSSR count). The first-order chi connectivity index (χ1) is 10.6. The molecule has 1 aliphatic rings. The van der Waals surface area contributed by atoms with Gasteiger partial charge in [0, 0.05) is 18.7 Å². The quantitative estimate of drug-likeness (QED) is 0.862. The molecule has 130 valence electrons. The highest BCUT2D eigenvalue weighted by Crippen LogP contribution is 2.18. The van der Waals surface area contributed by atoms with Crippen LogP contribution in [0, 0.1) is 5.82 Å². The van der Waals surface area contributed by atoms with Crippen LogP contribution in [0.5, 0.6) is 5.75 Å². The van der Waals surface area contributed by atoms with Crippen LogP contribution >= 0.6 is 12.4 Å². The Balaban J connectivity index is 0.00000264. The van der Waals surface area contributed by atoms with Crippen molar-refractivity contribution in [1.29, 1.82) is 0 Å². The van der Waals surface area contributed by atoms with Gasteiger partial charge in [-0.15, -0.1) is 12.4 Å². The molecule has 23 heavy (non-hydrogen) atoms. The Morgan fingerprint density at radius 3 is 2.74 bits per heavy atom. The Bertz CT molecular complexity index is 495. The van der Waals surface area contributed by atoms with Gasteiger partial charge in [-0.1, -0.05) is 13.0 Å². The van der Waals surface area contributed by atoms with Gasteiger partial charge in [-0.2, -0.15) is 0 Å². The third kappa shape index (κ3) is 5.66. The van der Waals surface area contributed by atoms with Gasteiger partial charge in [-0.05, 0) is 51.4 Å². The molecule has 0 spiro atoms. The molecule has 0 radical (unpaired) electrons. The van der Waals surface area contributed by atoms with Crippen LogP contribution < -0.4 is 10.1 Å². The smallest absolute Gasteiger partial charge is 0.263 e. The highest BCUT2D eigenvalue weighted by Gasteiger charge is 2.28. The topological polar surface area (TPSA) is 41.6 Å². The number of nitrogens with one attached hydrogen (secondary N) is 1. The Hall–Kier alpha value is -1.33. The minimum Gasteiger partial charge on any atom is -0.481 e. The van der Waals surface area contributed by atoms with Crippen LogP contribution in [0.25, 0.3) is 0 Å². The molecule has 1 aromatic rings. The van der Waals surface area contributed by atoms with E-state index in [1.165, 1.54) is 12.1 Å². The van der Waals surface area contributed by atoms with Crippen molar-refractivity contribution in [2.45, 2.75) is 45.3 Å². The largest absolute Gasteiger partial charge is 0.481 e. The van der Waals surface area contributed by atoms with E-state index >= 15 is 0 Å². The number of rotatable bonds is 6. The minimum absolute atomic E-state index is 0. The van der Waals surface area contributed by atoms with Crippen molar-refractivity contribution >= 4 is 18.3 Å². The summed E-state index contributed by atoms with van der Waals surface area (Å²) in [7, 11) is 0. The van der Waals surface area contributed by atoms with E-state index in [9.17, 15) is 9.18 Å². The molecule has 1 N–H and O–H groups in total. The summed E-state index contributed by atoms with van der Waals surface area (Å²) in [6.07, 6.45) is 2.25. The van der Waals surface area contributed by atoms with Crippen LogP contribution in [0.15, 0.2) is 24.3 Å². The molecule has 1 saturated heterocycles. The summed E-state index contributed by atoms with van der Waals surface area (Å²) in [5, 5.41) is 3.32. The minimum atomic E-state index is -0.608. The molecule has 1 aromatic carbocycles. The van der Waals surface area contributed by atoms with Gasteiger partial charge < -0.3 is 15.0 Å². The van der Waals surface area contributed by atoms with Crippen molar-refractivity contribution in [2.75, 3.05) is 19.6 Å². The van der Waals surface area contributed by atoms with Crippen molar-refractivity contribution in [1.82, 2.24) is 10.2 Å². The number of hydrogen-bond donors (Lipinski definition) is 1. The standard InChI is InChI=1S/C17H25FN2O2.ClH/c1-3-11-20(15-7-9-19-10-8-15)17(21)13(2)22-16-6-4-5-14(18)12-16;/h4-6,12-13,15,19H,3,7-11H2,1-2H3;1H. The predicted molar refractivity (Wildman–Crippen MR) is 91.6 cm³/mol. The van der Waals surface area contributed by atoms with Crippen molar-refractivity contribution in [3.8, 4) is 5.75 Å². The van der Waals surface area contributed by atoms with Gasteiger partial charge in [0.1, 0.15) is 11.6 Å². The van der Waals surface area contributed by atoms with Gasteiger partial charge >= 0.3 is 0 Å². The molecule has 1 amide bonds. The van der Waals surface area contributed by atoms with Gasteiger partial charge in [-0.3, -0.25) is 4.79 Å². The van der Waals surface area contributed by atoms with Crippen LogP contribution in [-0.4, -0.2) is 42.6 Å². The second-order valence-electron chi connectivity index (χ2n) is 5.73. The molecule has 1 unspecified atom stereocenters. The number of amides is 1. The first-order valence-corrected chi connectivity index (χ1v) is 8.05. The number of halogens is 2. The zero-order valence-electron chi connectivity index (χ0n) is 13.8. The molecule has 0 aromatic heterocycles. The van der Waals surface area contributed by atoms with E-state index in [2.05, 4.69) is 12.2 Å². The van der Waals surface area contributed by atoms with Gasteiger partial charge in [0.25, 0.3) is 5.91 Å².